The van der Waals surface area contributed by atoms with Crippen molar-refractivity contribution in [2.75, 3.05) is 26.7 Å². The van der Waals surface area contributed by atoms with Gasteiger partial charge >= 0.3 is 0 Å². The van der Waals surface area contributed by atoms with E-state index in [1.165, 1.54) is 25.8 Å². The fraction of sp³-hybridized carbons (Fsp3) is 1.00. The lowest BCUT2D eigenvalue weighted by Crippen LogP contribution is -2.46. The molecule has 2 rings (SSSR count). The highest BCUT2D eigenvalue weighted by atomic mass is 16.5. The Morgan fingerprint density at radius 1 is 1.24 bits per heavy atom. The predicted octanol–water partition coefficient (Wildman–Crippen LogP) is 1.87. The fourth-order valence-electron chi connectivity index (χ4n) is 3.20. The second-order valence-corrected chi connectivity index (χ2v) is 6.71. The van der Waals surface area contributed by atoms with E-state index in [0.717, 1.165) is 13.1 Å². The minimum atomic E-state index is 0.347. The molecule has 0 aromatic rings. The molecule has 17 heavy (non-hydrogen) atoms. The van der Waals surface area contributed by atoms with Gasteiger partial charge in [-0.25, -0.2) is 0 Å². The van der Waals surface area contributed by atoms with Gasteiger partial charge in [-0.05, 0) is 38.3 Å². The van der Waals surface area contributed by atoms with Crippen molar-refractivity contribution in [1.82, 2.24) is 10.2 Å². The van der Waals surface area contributed by atoms with Crippen LogP contribution in [0, 0.1) is 5.41 Å². The summed E-state index contributed by atoms with van der Waals surface area (Å²) < 4.78 is 5.87. The monoisotopic (exact) mass is 240 g/mol. The Hall–Kier alpha value is -0.120. The number of hydrogen-bond acceptors (Lipinski definition) is 3. The number of ether oxygens (including phenoxy) is 1. The van der Waals surface area contributed by atoms with Crippen molar-refractivity contribution in [1.29, 1.82) is 0 Å². The van der Waals surface area contributed by atoms with E-state index in [4.69, 9.17) is 4.74 Å². The van der Waals surface area contributed by atoms with Crippen LogP contribution in [0.25, 0.3) is 0 Å². The van der Waals surface area contributed by atoms with Crippen LogP contribution in [0.5, 0.6) is 0 Å². The Bertz CT molecular complexity index is 237. The first-order valence-corrected chi connectivity index (χ1v) is 7.04. The normalized spacial score (nSPS) is 31.8. The van der Waals surface area contributed by atoms with Gasteiger partial charge in [0, 0.05) is 19.1 Å². The lowest BCUT2D eigenvalue weighted by atomic mass is 9.85. The number of nitrogens with one attached hydrogen (secondary N) is 1. The van der Waals surface area contributed by atoms with Crippen LogP contribution < -0.4 is 5.32 Å². The number of morpholine rings is 1. The maximum atomic E-state index is 5.87. The average Bonchev–Trinajstić information content (AvgIpc) is 2.57. The first kappa shape index (κ1) is 13.3. The van der Waals surface area contributed by atoms with Crippen LogP contribution in [0.2, 0.25) is 0 Å². The Morgan fingerprint density at radius 2 is 1.82 bits per heavy atom. The molecule has 3 nitrogen and oxygen atoms in total. The molecule has 0 spiro atoms. The standard InChI is InChI=1S/C14H28N2O/c1-14(2,3)13(15-4)7-8-16-9-11-5-6-12(10-16)17-11/h11-13,15H,5-10H2,1-4H3. The van der Waals surface area contributed by atoms with Crippen molar-refractivity contribution in [3.8, 4) is 0 Å². The van der Waals surface area contributed by atoms with Crippen molar-refractivity contribution in [3.63, 3.8) is 0 Å². The van der Waals surface area contributed by atoms with E-state index in [1.807, 2.05) is 0 Å². The highest BCUT2D eigenvalue weighted by molar-refractivity contribution is 4.86. The van der Waals surface area contributed by atoms with Gasteiger partial charge in [-0.15, -0.1) is 0 Å². The molecule has 0 saturated carbocycles. The minimum Gasteiger partial charge on any atom is -0.372 e. The van der Waals surface area contributed by atoms with E-state index in [-0.39, 0.29) is 0 Å². The zero-order valence-electron chi connectivity index (χ0n) is 11.8. The molecule has 3 atom stereocenters. The molecular weight excluding hydrogens is 212 g/mol. The summed E-state index contributed by atoms with van der Waals surface area (Å²) in [6.07, 6.45) is 4.83. The molecule has 0 aromatic heterocycles. The van der Waals surface area contributed by atoms with Crippen LogP contribution in [-0.4, -0.2) is 49.8 Å². The maximum absolute atomic E-state index is 5.87. The summed E-state index contributed by atoms with van der Waals surface area (Å²) >= 11 is 0. The van der Waals surface area contributed by atoms with Crippen LogP contribution in [-0.2, 0) is 4.74 Å². The van der Waals surface area contributed by atoms with Crippen LogP contribution >= 0.6 is 0 Å². The number of fused-ring (bicyclic) bond motifs is 2. The van der Waals surface area contributed by atoms with Crippen molar-refractivity contribution in [2.45, 2.75) is 58.3 Å². The molecule has 3 heteroatoms. The molecule has 0 radical (unpaired) electrons. The molecule has 2 fully saturated rings. The van der Waals surface area contributed by atoms with Gasteiger partial charge in [0.15, 0.2) is 0 Å². The Morgan fingerprint density at radius 3 is 2.29 bits per heavy atom. The zero-order valence-corrected chi connectivity index (χ0v) is 11.8. The molecule has 2 bridgehead atoms. The third-order valence-corrected chi connectivity index (χ3v) is 4.25. The fourth-order valence-corrected chi connectivity index (χ4v) is 3.20. The molecule has 0 aromatic carbocycles. The second-order valence-electron chi connectivity index (χ2n) is 6.71. The molecule has 2 aliphatic heterocycles. The maximum Gasteiger partial charge on any atom is 0.0707 e. The van der Waals surface area contributed by atoms with Gasteiger partial charge in [0.2, 0.25) is 0 Å². The Labute approximate surface area is 106 Å². The van der Waals surface area contributed by atoms with E-state index in [2.05, 4.69) is 38.0 Å². The molecule has 1 N–H and O–H groups in total. The van der Waals surface area contributed by atoms with Gasteiger partial charge in [-0.3, -0.25) is 4.90 Å². The van der Waals surface area contributed by atoms with Gasteiger partial charge in [0.25, 0.3) is 0 Å². The second kappa shape index (κ2) is 5.25. The Kier molecular flexibility index (Phi) is 4.11. The Balaban J connectivity index is 1.78. The molecule has 2 heterocycles. The van der Waals surface area contributed by atoms with Crippen molar-refractivity contribution in [2.24, 2.45) is 5.41 Å². The highest BCUT2D eigenvalue weighted by Gasteiger charge is 2.34. The van der Waals surface area contributed by atoms with Crippen LogP contribution in [0.15, 0.2) is 0 Å². The topological polar surface area (TPSA) is 24.5 Å². The first-order valence-electron chi connectivity index (χ1n) is 7.04. The summed E-state index contributed by atoms with van der Waals surface area (Å²) in [7, 11) is 2.08. The third kappa shape index (κ3) is 3.43. The first-order chi connectivity index (χ1) is 7.99. The number of rotatable bonds is 4. The molecule has 3 unspecified atom stereocenters. The summed E-state index contributed by atoms with van der Waals surface area (Å²) in [4.78, 5) is 2.60. The van der Waals surface area contributed by atoms with Gasteiger partial charge in [-0.1, -0.05) is 20.8 Å². The summed E-state index contributed by atoms with van der Waals surface area (Å²) in [5.41, 5.74) is 0.347. The van der Waals surface area contributed by atoms with Crippen LogP contribution in [0.1, 0.15) is 40.0 Å². The molecule has 2 aliphatic rings. The predicted molar refractivity (Wildman–Crippen MR) is 71.3 cm³/mol. The number of nitrogens with zero attached hydrogens (tertiary/aromatic N) is 1. The molecule has 2 saturated heterocycles. The third-order valence-electron chi connectivity index (χ3n) is 4.25. The van der Waals surface area contributed by atoms with Crippen molar-refractivity contribution < 1.29 is 4.74 Å². The van der Waals surface area contributed by atoms with Gasteiger partial charge in [0.1, 0.15) is 0 Å². The smallest absolute Gasteiger partial charge is 0.0707 e. The van der Waals surface area contributed by atoms with Crippen LogP contribution in [0.3, 0.4) is 0 Å². The van der Waals surface area contributed by atoms with Gasteiger partial charge < -0.3 is 10.1 Å². The average molecular weight is 240 g/mol. The van der Waals surface area contributed by atoms with Gasteiger partial charge in [0.05, 0.1) is 12.2 Å². The SMILES string of the molecule is CNC(CCN1CC2CCC(C1)O2)C(C)(C)C. The van der Waals surface area contributed by atoms with Crippen molar-refractivity contribution in [3.05, 3.63) is 0 Å². The molecule has 0 aliphatic carbocycles. The lowest BCUT2D eigenvalue weighted by Gasteiger charge is -2.36. The summed E-state index contributed by atoms with van der Waals surface area (Å²) in [6.45, 7) is 10.5. The minimum absolute atomic E-state index is 0.347. The van der Waals surface area contributed by atoms with E-state index < -0.39 is 0 Å². The van der Waals surface area contributed by atoms with E-state index in [9.17, 15) is 0 Å². The highest BCUT2D eigenvalue weighted by Crippen LogP contribution is 2.27. The van der Waals surface area contributed by atoms with Crippen molar-refractivity contribution >= 4 is 0 Å². The molecule has 0 amide bonds. The summed E-state index contributed by atoms with van der Waals surface area (Å²) in [5.74, 6) is 0. The number of hydrogen-bond donors (Lipinski definition) is 1. The molecular formula is C14H28N2O. The molecule has 100 valence electrons. The summed E-state index contributed by atoms with van der Waals surface area (Å²) in [6, 6.07) is 0.600. The summed E-state index contributed by atoms with van der Waals surface area (Å²) in [5, 5.41) is 3.46. The van der Waals surface area contributed by atoms with E-state index in [0.29, 0.717) is 23.7 Å². The zero-order chi connectivity index (χ0) is 12.5. The van der Waals surface area contributed by atoms with E-state index >= 15 is 0 Å². The number of likely N-dealkylation sites (tertiary alicyclic amines) is 1. The quantitative estimate of drug-likeness (QED) is 0.812. The largest absolute Gasteiger partial charge is 0.372 e. The van der Waals surface area contributed by atoms with Gasteiger partial charge in [-0.2, -0.15) is 0 Å². The lowest BCUT2D eigenvalue weighted by molar-refractivity contribution is -0.0398. The van der Waals surface area contributed by atoms with Crippen LogP contribution in [0.4, 0.5) is 0 Å². The van der Waals surface area contributed by atoms with E-state index in [1.54, 1.807) is 0 Å².